The van der Waals surface area contributed by atoms with Gasteiger partial charge in [-0.05, 0) is 0 Å². The van der Waals surface area contributed by atoms with Gasteiger partial charge in [-0.1, -0.05) is 0 Å². The van der Waals surface area contributed by atoms with Crippen LogP contribution in [0.4, 0.5) is 0 Å². The van der Waals surface area contributed by atoms with Crippen LogP contribution in [0.15, 0.2) is 0 Å². The molecule has 0 saturated heterocycles. The van der Waals surface area contributed by atoms with Gasteiger partial charge in [-0.25, -0.2) is 0 Å². The molecule has 0 aromatic carbocycles. The third kappa shape index (κ3) is 275. The van der Waals surface area contributed by atoms with E-state index in [0.717, 1.165) is 0 Å². The Morgan fingerprint density at radius 3 is 1.10 bits per heavy atom. The second kappa shape index (κ2) is 16.9. The van der Waals surface area contributed by atoms with Crippen LogP contribution in [0.3, 0.4) is 0 Å². The Hall–Kier alpha value is 1.61. The van der Waals surface area contributed by atoms with Crippen molar-refractivity contribution in [3.8, 4) is 0 Å². The summed E-state index contributed by atoms with van der Waals surface area (Å²) in [5.41, 5.74) is 0. The van der Waals surface area contributed by atoms with E-state index in [1.54, 1.807) is 0 Å². The zero-order valence-electron chi connectivity index (χ0n) is 8.13. The summed E-state index contributed by atoms with van der Waals surface area (Å²) in [7, 11) is 0. The summed E-state index contributed by atoms with van der Waals surface area (Å²) in [5, 5.41) is 27.3. The van der Waals surface area contributed by atoms with Gasteiger partial charge in [-0.2, -0.15) is 0 Å². The SMILES string of the molecule is O=[N+]([O-])O.O=[N+]([O-])O.[Ba+2].[H-].[H-].[H-].[K+]. The quantitative estimate of drug-likeness (QED) is 0.269. The minimum atomic E-state index is -1.50. The number of nitrogens with zero attached hydrogens (tertiary/aromatic N) is 2. The largest absolute Gasteiger partial charge is 2.00 e. The van der Waals surface area contributed by atoms with Gasteiger partial charge < -0.3 is 14.7 Å². The van der Waals surface area contributed by atoms with Crippen molar-refractivity contribution >= 4 is 48.9 Å². The number of hydrogen-bond acceptors (Lipinski definition) is 4. The van der Waals surface area contributed by atoms with Gasteiger partial charge >= 0.3 is 100 Å². The van der Waals surface area contributed by atoms with E-state index in [0.29, 0.717) is 0 Å². The van der Waals surface area contributed by atoms with Gasteiger partial charge in [0.1, 0.15) is 0 Å². The monoisotopic (exact) mass is 306 g/mol. The average molecular weight is 305 g/mol. The summed E-state index contributed by atoms with van der Waals surface area (Å²) < 4.78 is 0. The molecule has 0 bridgehead atoms. The van der Waals surface area contributed by atoms with Gasteiger partial charge in [0.2, 0.25) is 0 Å². The van der Waals surface area contributed by atoms with E-state index >= 15 is 0 Å². The van der Waals surface area contributed by atoms with E-state index in [-0.39, 0.29) is 105 Å². The van der Waals surface area contributed by atoms with Crippen molar-refractivity contribution in [1.82, 2.24) is 0 Å². The first-order valence-corrected chi connectivity index (χ1v) is 1.13. The Kier molecular flexibility index (Phi) is 38.2. The minimum absolute atomic E-state index is 0. The second-order valence-corrected chi connectivity index (χ2v) is 0.476. The molecule has 0 rings (SSSR count). The summed E-state index contributed by atoms with van der Waals surface area (Å²) in [6.07, 6.45) is 0. The molecule has 0 amide bonds. The van der Waals surface area contributed by atoms with Gasteiger partial charge in [0.25, 0.3) is 10.2 Å². The van der Waals surface area contributed by atoms with Crippen molar-refractivity contribution < 1.29 is 76.3 Å². The van der Waals surface area contributed by atoms with Gasteiger partial charge in [0, 0.05) is 0 Å². The maximum Gasteiger partial charge on any atom is 2.00 e. The van der Waals surface area contributed by atoms with Crippen LogP contribution in [0.2, 0.25) is 0 Å². The molecule has 0 aliphatic rings. The first kappa shape index (κ1) is 22.6. The van der Waals surface area contributed by atoms with Crippen molar-refractivity contribution in [2.75, 3.05) is 0 Å². The normalized spacial score (nSPS) is 4.80. The molecule has 0 fully saturated rings. The molecule has 0 aliphatic carbocycles. The molecule has 0 atom stereocenters. The number of rotatable bonds is 0. The van der Waals surface area contributed by atoms with Crippen molar-refractivity contribution in [1.29, 1.82) is 0 Å². The summed E-state index contributed by atoms with van der Waals surface area (Å²) in [4.78, 5) is 16.7. The van der Waals surface area contributed by atoms with Crippen LogP contribution >= 0.6 is 0 Å². The van der Waals surface area contributed by atoms with Gasteiger partial charge in [0.15, 0.2) is 0 Å². The topological polar surface area (TPSA) is 127 Å². The maximum atomic E-state index is 8.36. The third-order valence-corrected chi connectivity index (χ3v) is 0. The molecule has 54 valence electrons. The molecule has 8 nitrogen and oxygen atoms in total. The minimum Gasteiger partial charge on any atom is -1.00 e. The van der Waals surface area contributed by atoms with E-state index in [4.69, 9.17) is 30.6 Å². The Morgan fingerprint density at radius 2 is 1.10 bits per heavy atom. The molecule has 0 aromatic heterocycles. The molecule has 0 aromatic rings. The van der Waals surface area contributed by atoms with Crippen LogP contribution in [-0.4, -0.2) is 69.5 Å². The smallest absolute Gasteiger partial charge is 1.00 e. The molecular formula is H5BaKN2O6. The fourth-order valence-electron chi connectivity index (χ4n) is 0. The molecule has 10 heavy (non-hydrogen) atoms. The zero-order valence-corrected chi connectivity index (χ0v) is 12.7. The second-order valence-electron chi connectivity index (χ2n) is 0.476. The molecule has 10 heteroatoms. The Bertz CT molecular complexity index is 83.9. The predicted molar refractivity (Wildman–Crippen MR) is 26.7 cm³/mol. The van der Waals surface area contributed by atoms with E-state index in [1.165, 1.54) is 0 Å². The summed E-state index contributed by atoms with van der Waals surface area (Å²) in [6.45, 7) is 0. The van der Waals surface area contributed by atoms with E-state index in [9.17, 15) is 0 Å². The maximum absolute atomic E-state index is 8.36. The number of hydrogen-bond donors (Lipinski definition) is 2. The van der Waals surface area contributed by atoms with Crippen molar-refractivity contribution in [3.63, 3.8) is 0 Å². The molecule has 0 aliphatic heterocycles. The van der Waals surface area contributed by atoms with Crippen LogP contribution in [-0.2, 0) is 0 Å². The zero-order chi connectivity index (χ0) is 7.15. The fraction of sp³-hybridized carbons (Fsp3) is 0. The third-order valence-electron chi connectivity index (χ3n) is 0. The molecule has 0 spiro atoms. The molecule has 2 N–H and O–H groups in total. The molecule has 0 heterocycles. The first-order valence-electron chi connectivity index (χ1n) is 1.13. The van der Waals surface area contributed by atoms with Crippen molar-refractivity contribution in [3.05, 3.63) is 20.2 Å². The van der Waals surface area contributed by atoms with E-state index < -0.39 is 10.2 Å². The summed E-state index contributed by atoms with van der Waals surface area (Å²) in [5.74, 6) is 0. The molecule has 0 saturated carbocycles. The Morgan fingerprint density at radius 1 is 1.10 bits per heavy atom. The van der Waals surface area contributed by atoms with Gasteiger partial charge in [-0.3, -0.25) is 0 Å². The van der Waals surface area contributed by atoms with Crippen molar-refractivity contribution in [2.24, 2.45) is 0 Å². The van der Waals surface area contributed by atoms with Gasteiger partial charge in [0.05, 0.1) is 0 Å². The Labute approximate surface area is 142 Å². The van der Waals surface area contributed by atoms with Gasteiger partial charge in [-0.15, -0.1) is 20.2 Å². The van der Waals surface area contributed by atoms with Crippen LogP contribution < -0.4 is 51.4 Å². The standard InChI is InChI=1S/Ba.K.2HNO3.3H/c;;2*2-1(3)4;;;/h;;2*(H,2,3,4);;;/q+2;+1;;;3*-1. The van der Waals surface area contributed by atoms with E-state index in [2.05, 4.69) is 0 Å². The average Bonchev–Trinajstić information content (AvgIpc) is 1.25. The molecule has 0 radical (unpaired) electrons. The van der Waals surface area contributed by atoms with Crippen LogP contribution in [0.25, 0.3) is 0 Å². The summed E-state index contributed by atoms with van der Waals surface area (Å²) >= 11 is 0. The van der Waals surface area contributed by atoms with Crippen LogP contribution in [0, 0.1) is 20.2 Å². The predicted octanol–water partition coefficient (Wildman–Crippen LogP) is -3.73. The Balaban J connectivity index is -0.00000000800. The van der Waals surface area contributed by atoms with E-state index in [1.807, 2.05) is 0 Å². The fourth-order valence-corrected chi connectivity index (χ4v) is 0. The van der Waals surface area contributed by atoms with Crippen LogP contribution in [0.5, 0.6) is 0 Å². The molecular weight excluding hydrogens is 300 g/mol. The molecule has 0 unspecified atom stereocenters. The first-order chi connectivity index (χ1) is 3.46. The summed E-state index contributed by atoms with van der Waals surface area (Å²) in [6, 6.07) is 0. The van der Waals surface area contributed by atoms with Crippen molar-refractivity contribution in [2.45, 2.75) is 0 Å². The van der Waals surface area contributed by atoms with Crippen LogP contribution in [0.1, 0.15) is 4.28 Å².